The number of hydrogen-bond donors (Lipinski definition) is 0. The number of amides is 2. The summed E-state index contributed by atoms with van der Waals surface area (Å²) < 4.78 is 0. The molecule has 2 aromatic rings. The normalized spacial score (nSPS) is 14.0. The zero-order valence-electron chi connectivity index (χ0n) is 11.7. The minimum Gasteiger partial charge on any atom is -0.270 e. The van der Waals surface area contributed by atoms with Gasteiger partial charge in [0.2, 0.25) is 0 Å². The van der Waals surface area contributed by atoms with E-state index in [2.05, 4.69) is 0 Å². The molecule has 3 nitrogen and oxygen atoms in total. The van der Waals surface area contributed by atoms with Crippen LogP contribution >= 0.6 is 0 Å². The Morgan fingerprint density at radius 1 is 0.905 bits per heavy atom. The van der Waals surface area contributed by atoms with Gasteiger partial charge in [-0.25, -0.2) is 0 Å². The van der Waals surface area contributed by atoms with E-state index in [0.29, 0.717) is 17.7 Å². The van der Waals surface area contributed by atoms with Crippen molar-refractivity contribution >= 4 is 31.2 Å². The highest BCUT2D eigenvalue weighted by atomic mass is 16.2. The molecular weight excluding hydrogens is 261 g/mol. The molecule has 21 heavy (non-hydrogen) atoms. The first-order valence-corrected chi connectivity index (χ1v) is 6.86. The first kappa shape index (κ1) is 13.4. The molecule has 0 radical (unpaired) electrons. The molecule has 0 aromatic heterocycles. The lowest BCUT2D eigenvalue weighted by molar-refractivity contribution is 0.0672. The Balaban J connectivity index is 1.77. The van der Waals surface area contributed by atoms with Crippen molar-refractivity contribution in [2.45, 2.75) is 0 Å². The van der Waals surface area contributed by atoms with Crippen LogP contribution in [0.5, 0.6) is 0 Å². The number of nitrogens with zero attached hydrogens (tertiary/aromatic N) is 1. The molecule has 2 aromatic carbocycles. The second-order valence-corrected chi connectivity index (χ2v) is 5.03. The fourth-order valence-electron chi connectivity index (χ4n) is 2.46. The van der Waals surface area contributed by atoms with Gasteiger partial charge in [0.25, 0.3) is 11.8 Å². The fourth-order valence-corrected chi connectivity index (χ4v) is 2.46. The molecule has 3 rings (SSSR count). The predicted octanol–water partition coefficient (Wildman–Crippen LogP) is 1.25. The lowest BCUT2D eigenvalue weighted by atomic mass is 9.90. The van der Waals surface area contributed by atoms with Gasteiger partial charge in [-0.2, -0.15) is 0 Å². The van der Waals surface area contributed by atoms with Gasteiger partial charge in [0.05, 0.1) is 11.1 Å². The van der Waals surface area contributed by atoms with E-state index in [9.17, 15) is 9.59 Å². The van der Waals surface area contributed by atoms with Gasteiger partial charge >= 0.3 is 0 Å². The van der Waals surface area contributed by atoms with Crippen molar-refractivity contribution in [2.24, 2.45) is 0 Å². The molecule has 1 aliphatic rings. The van der Waals surface area contributed by atoms with Crippen molar-refractivity contribution in [3.8, 4) is 0 Å². The first-order valence-electron chi connectivity index (χ1n) is 6.86. The minimum absolute atomic E-state index is 0.218. The quantitative estimate of drug-likeness (QED) is 0.624. The standard InChI is InChI=1S/C17H14BNO2/c18-15-10-4-1-6-12(15)7-5-11-19-16(20)13-8-2-3-9-14(13)17(19)21/h1-10H,11,18H2/b7-5+. The summed E-state index contributed by atoms with van der Waals surface area (Å²) in [5.74, 6) is -0.435. The summed E-state index contributed by atoms with van der Waals surface area (Å²) in [5.41, 5.74) is 3.24. The van der Waals surface area contributed by atoms with Crippen LogP contribution in [0.3, 0.4) is 0 Å². The van der Waals surface area contributed by atoms with Crippen molar-refractivity contribution in [3.63, 3.8) is 0 Å². The molecule has 0 N–H and O–H groups in total. The third kappa shape index (κ3) is 2.40. The maximum absolute atomic E-state index is 12.2. The van der Waals surface area contributed by atoms with Crippen LogP contribution in [0.2, 0.25) is 0 Å². The van der Waals surface area contributed by atoms with Gasteiger partial charge in [0.15, 0.2) is 0 Å². The van der Waals surface area contributed by atoms with E-state index in [4.69, 9.17) is 0 Å². The zero-order chi connectivity index (χ0) is 14.8. The minimum atomic E-state index is -0.218. The van der Waals surface area contributed by atoms with Crippen molar-refractivity contribution in [2.75, 3.05) is 6.54 Å². The maximum Gasteiger partial charge on any atom is 0.261 e. The Morgan fingerprint density at radius 2 is 1.48 bits per heavy atom. The van der Waals surface area contributed by atoms with Gasteiger partial charge in [-0.3, -0.25) is 14.5 Å². The van der Waals surface area contributed by atoms with Gasteiger partial charge < -0.3 is 0 Å². The molecule has 0 fully saturated rings. The van der Waals surface area contributed by atoms with Crippen LogP contribution < -0.4 is 5.46 Å². The lowest BCUT2D eigenvalue weighted by Gasteiger charge is -2.10. The average molecular weight is 275 g/mol. The van der Waals surface area contributed by atoms with Crippen LogP contribution in [-0.2, 0) is 0 Å². The van der Waals surface area contributed by atoms with Gasteiger partial charge in [-0.1, -0.05) is 54.0 Å². The summed E-state index contributed by atoms with van der Waals surface area (Å²) in [5, 5.41) is 0. The molecule has 1 aliphatic heterocycles. The summed E-state index contributed by atoms with van der Waals surface area (Å²) >= 11 is 0. The van der Waals surface area contributed by atoms with Crippen LogP contribution in [0.1, 0.15) is 26.3 Å². The van der Waals surface area contributed by atoms with Crippen LogP contribution in [-0.4, -0.2) is 31.1 Å². The Morgan fingerprint density at radius 3 is 2.10 bits per heavy atom. The van der Waals surface area contributed by atoms with Gasteiger partial charge in [0.1, 0.15) is 7.85 Å². The Kier molecular flexibility index (Phi) is 3.44. The summed E-state index contributed by atoms with van der Waals surface area (Å²) in [4.78, 5) is 25.7. The number of fused-ring (bicyclic) bond motifs is 1. The highest BCUT2D eigenvalue weighted by Gasteiger charge is 2.33. The number of carbonyl (C=O) groups excluding carboxylic acids is 2. The average Bonchev–Trinajstić information content (AvgIpc) is 2.74. The molecule has 0 bridgehead atoms. The molecule has 4 heteroatoms. The number of carbonyl (C=O) groups is 2. The number of hydrogen-bond acceptors (Lipinski definition) is 2. The lowest BCUT2D eigenvalue weighted by Crippen LogP contribution is -2.29. The zero-order valence-corrected chi connectivity index (χ0v) is 11.7. The van der Waals surface area contributed by atoms with Gasteiger partial charge in [-0.05, 0) is 17.7 Å². The molecule has 0 spiro atoms. The van der Waals surface area contributed by atoms with Crippen molar-refractivity contribution < 1.29 is 9.59 Å². The van der Waals surface area contributed by atoms with Crippen LogP contribution in [0.4, 0.5) is 0 Å². The Hall–Kier alpha value is -2.62. The SMILES string of the molecule is Bc1ccccc1/C=C/CN1C(=O)c2ccccc2C1=O. The largest absolute Gasteiger partial charge is 0.270 e. The van der Waals surface area contributed by atoms with Crippen molar-refractivity contribution in [1.29, 1.82) is 0 Å². The van der Waals surface area contributed by atoms with E-state index >= 15 is 0 Å². The summed E-state index contributed by atoms with van der Waals surface area (Å²) in [6, 6.07) is 14.9. The van der Waals surface area contributed by atoms with Gasteiger partial charge in [-0.15, -0.1) is 0 Å². The highest BCUT2D eigenvalue weighted by molar-refractivity contribution is 6.34. The molecule has 1 heterocycles. The van der Waals surface area contributed by atoms with E-state index in [-0.39, 0.29) is 11.8 Å². The third-order valence-corrected chi connectivity index (χ3v) is 3.65. The fraction of sp³-hybridized carbons (Fsp3) is 0.0588. The Bertz CT molecular complexity index is 717. The van der Waals surface area contributed by atoms with Crippen LogP contribution in [0, 0.1) is 0 Å². The second kappa shape index (κ2) is 5.41. The van der Waals surface area contributed by atoms with Crippen molar-refractivity contribution in [3.05, 3.63) is 71.3 Å². The maximum atomic E-state index is 12.2. The molecule has 102 valence electrons. The van der Waals surface area contributed by atoms with E-state index in [1.807, 2.05) is 44.3 Å². The number of rotatable bonds is 3. The predicted molar refractivity (Wildman–Crippen MR) is 85.5 cm³/mol. The summed E-state index contributed by atoms with van der Waals surface area (Å²) in [6.45, 7) is 0.292. The topological polar surface area (TPSA) is 37.4 Å². The van der Waals surface area contributed by atoms with Crippen LogP contribution in [0.25, 0.3) is 6.08 Å². The molecule has 0 atom stereocenters. The number of imide groups is 1. The molecule has 0 unspecified atom stereocenters. The molecule has 0 saturated heterocycles. The van der Waals surface area contributed by atoms with Crippen molar-refractivity contribution in [1.82, 2.24) is 4.90 Å². The molecule has 2 amide bonds. The van der Waals surface area contributed by atoms with Gasteiger partial charge in [0, 0.05) is 6.54 Å². The number of benzene rings is 2. The Labute approximate surface area is 124 Å². The van der Waals surface area contributed by atoms with Crippen LogP contribution in [0.15, 0.2) is 54.6 Å². The first-order chi connectivity index (χ1) is 10.2. The molecule has 0 saturated carbocycles. The van der Waals surface area contributed by atoms with E-state index < -0.39 is 0 Å². The molecular formula is C17H14BNO2. The molecule has 0 aliphatic carbocycles. The van der Waals surface area contributed by atoms with E-state index in [0.717, 1.165) is 11.0 Å². The summed E-state index contributed by atoms with van der Waals surface area (Å²) in [7, 11) is 2.03. The monoisotopic (exact) mass is 275 g/mol. The van der Waals surface area contributed by atoms with E-state index in [1.165, 1.54) is 4.90 Å². The summed E-state index contributed by atoms with van der Waals surface area (Å²) in [6.07, 6.45) is 3.79. The highest BCUT2D eigenvalue weighted by Crippen LogP contribution is 2.22. The smallest absolute Gasteiger partial charge is 0.261 e. The second-order valence-electron chi connectivity index (χ2n) is 5.03. The van der Waals surface area contributed by atoms with E-state index in [1.54, 1.807) is 24.3 Å². The third-order valence-electron chi connectivity index (χ3n) is 3.65.